The van der Waals surface area contributed by atoms with E-state index in [1.807, 2.05) is 6.92 Å². The maximum absolute atomic E-state index is 4.64. The Morgan fingerprint density at radius 1 is 1.38 bits per heavy atom. The van der Waals surface area contributed by atoms with Crippen LogP contribution in [0.15, 0.2) is 0 Å². The van der Waals surface area contributed by atoms with Crippen LogP contribution in [0, 0.1) is 0 Å². The number of rotatable bonds is 5. The van der Waals surface area contributed by atoms with Gasteiger partial charge in [-0.3, -0.25) is 0 Å². The van der Waals surface area contributed by atoms with Crippen molar-refractivity contribution in [1.29, 1.82) is 0 Å². The molecule has 0 heterocycles. The van der Waals surface area contributed by atoms with Gasteiger partial charge in [-0.1, -0.05) is 6.92 Å². The van der Waals surface area contributed by atoms with Crippen LogP contribution in [0.25, 0.3) is 0 Å². The first-order valence-corrected chi connectivity index (χ1v) is 3.74. The van der Waals surface area contributed by atoms with Gasteiger partial charge in [0, 0.05) is 17.8 Å². The van der Waals surface area contributed by atoms with Crippen molar-refractivity contribution in [3.8, 4) is 0 Å². The molecule has 0 bridgehead atoms. The minimum absolute atomic E-state index is 0.622. The summed E-state index contributed by atoms with van der Waals surface area (Å²) < 4.78 is 4.64. The molecule has 0 amide bonds. The van der Waals surface area contributed by atoms with Crippen LogP contribution in [-0.4, -0.2) is 12.4 Å². The minimum Gasteiger partial charge on any atom is -0.225 e. The van der Waals surface area contributed by atoms with Crippen molar-refractivity contribution in [3.05, 3.63) is 0 Å². The van der Waals surface area contributed by atoms with E-state index in [0.717, 1.165) is 12.2 Å². The lowest BCUT2D eigenvalue weighted by Gasteiger charge is -1.95. The summed E-state index contributed by atoms with van der Waals surface area (Å²) in [4.78, 5) is 4.60. The number of hydrogen-bond donors (Lipinski definition) is 0. The first kappa shape index (κ1) is 8.27. The lowest BCUT2D eigenvalue weighted by molar-refractivity contribution is -0.185. The maximum Gasteiger partial charge on any atom is 0.0806 e. The van der Waals surface area contributed by atoms with Gasteiger partial charge in [0.15, 0.2) is 0 Å². The van der Waals surface area contributed by atoms with Crippen molar-refractivity contribution in [1.82, 2.24) is 0 Å². The van der Waals surface area contributed by atoms with Crippen LogP contribution in [0.1, 0.15) is 20.3 Å². The third-order valence-electron chi connectivity index (χ3n) is 0.502. The highest BCUT2D eigenvalue weighted by molar-refractivity contribution is 7.94. The Morgan fingerprint density at radius 3 is 2.62 bits per heavy atom. The van der Waals surface area contributed by atoms with Crippen LogP contribution >= 0.6 is 12.0 Å². The van der Waals surface area contributed by atoms with Crippen molar-refractivity contribution in [2.75, 3.05) is 12.4 Å². The summed E-state index contributed by atoms with van der Waals surface area (Å²) in [5.41, 5.74) is 0. The van der Waals surface area contributed by atoms with E-state index in [9.17, 15) is 0 Å². The van der Waals surface area contributed by atoms with Gasteiger partial charge in [-0.15, -0.1) is 0 Å². The Hall–Kier alpha value is 0.270. The molecule has 0 aliphatic rings. The molecule has 0 saturated heterocycles. The summed E-state index contributed by atoms with van der Waals surface area (Å²) in [5, 5.41) is 0. The summed E-state index contributed by atoms with van der Waals surface area (Å²) in [6, 6.07) is 0. The van der Waals surface area contributed by atoms with Crippen LogP contribution < -0.4 is 0 Å². The van der Waals surface area contributed by atoms with Gasteiger partial charge < -0.3 is 0 Å². The van der Waals surface area contributed by atoms with E-state index in [1.165, 1.54) is 12.0 Å². The SMILES string of the molecule is CCCSOOCC. The monoisotopic (exact) mass is 136 g/mol. The summed E-state index contributed by atoms with van der Waals surface area (Å²) in [7, 11) is 0. The highest BCUT2D eigenvalue weighted by Gasteiger charge is 1.83. The molecule has 8 heavy (non-hydrogen) atoms. The molecule has 0 radical (unpaired) electrons. The quantitative estimate of drug-likeness (QED) is 0.249. The van der Waals surface area contributed by atoms with Crippen LogP contribution in [-0.2, 0) is 9.22 Å². The van der Waals surface area contributed by atoms with Gasteiger partial charge in [-0.2, -0.15) is 4.33 Å². The molecule has 0 aliphatic carbocycles. The molecule has 0 saturated carbocycles. The third-order valence-corrected chi connectivity index (χ3v) is 1.27. The number of hydrogen-bond acceptors (Lipinski definition) is 3. The molecule has 0 spiro atoms. The smallest absolute Gasteiger partial charge is 0.0806 e. The lowest BCUT2D eigenvalue weighted by Crippen LogP contribution is -1.85. The van der Waals surface area contributed by atoms with Crippen molar-refractivity contribution >= 4 is 12.0 Å². The molecule has 0 N–H and O–H groups in total. The summed E-state index contributed by atoms with van der Waals surface area (Å²) in [6.45, 7) is 4.62. The molecule has 0 fully saturated rings. The topological polar surface area (TPSA) is 18.5 Å². The predicted octanol–water partition coefficient (Wildman–Crippen LogP) is 2.01. The maximum atomic E-state index is 4.64. The van der Waals surface area contributed by atoms with E-state index in [-0.39, 0.29) is 0 Å². The Kier molecular flexibility index (Phi) is 7.52. The zero-order valence-electron chi connectivity index (χ0n) is 5.35. The Bertz CT molecular complexity index is 35.4. The molecule has 0 atom stereocenters. The Labute approximate surface area is 54.7 Å². The summed E-state index contributed by atoms with van der Waals surface area (Å²) in [6.07, 6.45) is 1.12. The molecule has 0 aliphatic heterocycles. The second-order valence-electron chi connectivity index (χ2n) is 1.30. The third kappa shape index (κ3) is 6.27. The highest BCUT2D eigenvalue weighted by atomic mass is 32.2. The molecule has 0 aromatic carbocycles. The fraction of sp³-hybridized carbons (Fsp3) is 1.00. The molecule has 3 heteroatoms. The molecular weight excluding hydrogens is 124 g/mol. The molecule has 0 aromatic heterocycles. The van der Waals surface area contributed by atoms with Crippen LogP contribution in [0.2, 0.25) is 0 Å². The lowest BCUT2D eigenvalue weighted by atomic mass is 10.6. The van der Waals surface area contributed by atoms with E-state index in [0.29, 0.717) is 6.61 Å². The normalized spacial score (nSPS) is 9.75. The molecule has 0 aromatic rings. The zero-order valence-corrected chi connectivity index (χ0v) is 6.16. The van der Waals surface area contributed by atoms with E-state index < -0.39 is 0 Å². The van der Waals surface area contributed by atoms with Crippen molar-refractivity contribution in [2.45, 2.75) is 20.3 Å². The van der Waals surface area contributed by atoms with Gasteiger partial charge in [0.2, 0.25) is 0 Å². The molecule has 0 unspecified atom stereocenters. The van der Waals surface area contributed by atoms with E-state index in [1.54, 1.807) is 0 Å². The Balaban J connectivity index is 2.53. The van der Waals surface area contributed by atoms with E-state index in [4.69, 9.17) is 0 Å². The van der Waals surface area contributed by atoms with Crippen molar-refractivity contribution < 1.29 is 9.22 Å². The predicted molar refractivity (Wildman–Crippen MR) is 35.5 cm³/mol. The molecule has 0 rings (SSSR count). The van der Waals surface area contributed by atoms with Crippen LogP contribution in [0.3, 0.4) is 0 Å². The minimum atomic E-state index is 0.622. The second kappa shape index (κ2) is 7.27. The fourth-order valence-electron chi connectivity index (χ4n) is 0.199. The average molecular weight is 136 g/mol. The molecule has 2 nitrogen and oxygen atoms in total. The zero-order chi connectivity index (χ0) is 6.24. The highest BCUT2D eigenvalue weighted by Crippen LogP contribution is 2.03. The average Bonchev–Trinajstić information content (AvgIpc) is 1.81. The van der Waals surface area contributed by atoms with Gasteiger partial charge in [0.05, 0.1) is 6.61 Å². The second-order valence-corrected chi connectivity index (χ2v) is 2.08. The standard InChI is InChI=1S/C5H12O2S/c1-3-5-8-7-6-4-2/h3-5H2,1-2H3. The van der Waals surface area contributed by atoms with E-state index >= 15 is 0 Å². The first-order valence-electron chi connectivity index (χ1n) is 2.82. The summed E-state index contributed by atoms with van der Waals surface area (Å²) in [5.74, 6) is 1.00. The van der Waals surface area contributed by atoms with Crippen LogP contribution in [0.4, 0.5) is 0 Å². The van der Waals surface area contributed by atoms with Gasteiger partial charge in [-0.25, -0.2) is 4.89 Å². The van der Waals surface area contributed by atoms with Gasteiger partial charge in [-0.05, 0) is 13.3 Å². The van der Waals surface area contributed by atoms with Gasteiger partial charge in [0.1, 0.15) is 0 Å². The molecule has 50 valence electrons. The Morgan fingerprint density at radius 2 is 2.12 bits per heavy atom. The van der Waals surface area contributed by atoms with Crippen molar-refractivity contribution in [2.24, 2.45) is 0 Å². The van der Waals surface area contributed by atoms with E-state index in [2.05, 4.69) is 16.1 Å². The van der Waals surface area contributed by atoms with Crippen molar-refractivity contribution in [3.63, 3.8) is 0 Å². The summed E-state index contributed by atoms with van der Waals surface area (Å²) >= 11 is 1.36. The largest absolute Gasteiger partial charge is 0.225 e. The fourth-order valence-corrected chi connectivity index (χ4v) is 0.598. The van der Waals surface area contributed by atoms with Crippen LogP contribution in [0.5, 0.6) is 0 Å². The van der Waals surface area contributed by atoms with Gasteiger partial charge >= 0.3 is 0 Å². The molecular formula is C5H12O2S. The van der Waals surface area contributed by atoms with Gasteiger partial charge in [0.25, 0.3) is 0 Å². The first-order chi connectivity index (χ1) is 3.91.